The Morgan fingerprint density at radius 1 is 0.625 bits per heavy atom. The fraction of sp³-hybridized carbons (Fsp3) is 0.486. The minimum absolute atomic E-state index is 0.0156. The van der Waals surface area contributed by atoms with E-state index >= 15 is 0 Å². The van der Waals surface area contributed by atoms with Gasteiger partial charge in [-0.1, -0.05) is 154 Å². The predicted octanol–water partition coefficient (Wildman–Crippen LogP) is 12.1. The largest absolute Gasteiger partial charge is 0.505 e. The monoisotopic (exact) mass is 975 g/mol. The van der Waals surface area contributed by atoms with Crippen molar-refractivity contribution < 1.29 is 20.4 Å². The van der Waals surface area contributed by atoms with Crippen molar-refractivity contribution in [2.45, 2.75) is 84.9 Å². The van der Waals surface area contributed by atoms with Gasteiger partial charge in [-0.05, 0) is 64.9 Å². The molecule has 0 bridgehead atoms. The maximum absolute atomic E-state index is 9.01. The number of nitrogens with two attached hydrogens (primary N) is 1. The van der Waals surface area contributed by atoms with Gasteiger partial charge in [0.15, 0.2) is 44.1 Å². The zero-order valence-electron chi connectivity index (χ0n) is 32.5. The highest BCUT2D eigenvalue weighted by atomic mass is 35.6. The summed E-state index contributed by atoms with van der Waals surface area (Å²) in [5.41, 5.74) is 7.48. The molecule has 6 N–H and O–H groups in total. The number of hydrogen-bond acceptors (Lipinski definition) is 11. The SMILES string of the molecule is CC(C)(C)[Si](C)(C)Cl.CC(CO)CO.CC(CO)c1cc(Cl)nnc1Cl.CCC(C)c1cc(Cl)nnc1Cl.Clc1ccc(Cl)nn1.Nc1cc(Cl)c(O)c(Cl)c1. The molecule has 0 amide bonds. The second-order valence-electron chi connectivity index (χ2n) is 13.4. The van der Waals surface area contributed by atoms with Gasteiger partial charge in [-0.3, -0.25) is 0 Å². The molecule has 0 saturated carbocycles. The zero-order valence-corrected chi connectivity index (χ0v) is 40.3. The molecular weight excluding hydrogens is 930 g/mol. The van der Waals surface area contributed by atoms with E-state index < -0.39 is 7.38 Å². The fourth-order valence-electron chi connectivity index (χ4n) is 2.68. The van der Waals surface area contributed by atoms with Crippen molar-refractivity contribution in [2.24, 2.45) is 5.92 Å². The molecule has 2 unspecified atom stereocenters. The number of hydrogen-bond donors (Lipinski definition) is 5. The lowest BCUT2D eigenvalue weighted by atomic mass is 10.0. The Bertz CT molecular complexity index is 1590. The average molecular weight is 980 g/mol. The van der Waals surface area contributed by atoms with Gasteiger partial charge in [0.05, 0.1) is 10.0 Å². The van der Waals surface area contributed by atoms with Crippen LogP contribution in [0.5, 0.6) is 5.75 Å². The van der Waals surface area contributed by atoms with Gasteiger partial charge in [0, 0.05) is 37.3 Å². The third-order valence-electron chi connectivity index (χ3n) is 7.49. The number of rotatable bonds is 6. The molecule has 4 rings (SSSR count). The first-order valence-electron chi connectivity index (χ1n) is 16.7. The van der Waals surface area contributed by atoms with Crippen molar-refractivity contribution in [3.05, 3.63) is 88.5 Å². The molecule has 21 heteroatoms. The molecular formula is C35H50Cl9N7O4Si. The first-order chi connectivity index (χ1) is 25.7. The van der Waals surface area contributed by atoms with Gasteiger partial charge in [-0.25, -0.2) is 0 Å². The van der Waals surface area contributed by atoms with Crippen molar-refractivity contribution in [1.29, 1.82) is 0 Å². The molecule has 0 aliphatic heterocycles. The van der Waals surface area contributed by atoms with E-state index in [0.717, 1.165) is 17.5 Å². The van der Waals surface area contributed by atoms with E-state index in [0.29, 0.717) is 42.4 Å². The molecule has 11 nitrogen and oxygen atoms in total. The van der Waals surface area contributed by atoms with Crippen LogP contribution in [0.1, 0.15) is 77.8 Å². The Labute approximate surface area is 375 Å². The third-order valence-corrected chi connectivity index (χ3v) is 14.7. The van der Waals surface area contributed by atoms with Gasteiger partial charge in [0.2, 0.25) is 0 Å². The molecule has 316 valence electrons. The lowest BCUT2D eigenvalue weighted by molar-refractivity contribution is 0.162. The van der Waals surface area contributed by atoms with Crippen molar-refractivity contribution in [1.82, 2.24) is 30.6 Å². The summed E-state index contributed by atoms with van der Waals surface area (Å²) in [6.07, 6.45) is 1.02. The smallest absolute Gasteiger partial charge is 0.155 e. The van der Waals surface area contributed by atoms with Crippen molar-refractivity contribution in [3.8, 4) is 5.75 Å². The van der Waals surface area contributed by atoms with Crippen LogP contribution in [-0.4, -0.2) is 78.2 Å². The van der Waals surface area contributed by atoms with E-state index in [-0.39, 0.29) is 52.6 Å². The molecule has 2 atom stereocenters. The van der Waals surface area contributed by atoms with Gasteiger partial charge in [0.1, 0.15) is 0 Å². The lowest BCUT2D eigenvalue weighted by Gasteiger charge is -2.29. The second kappa shape index (κ2) is 29.1. The molecule has 4 aromatic rings. The van der Waals surface area contributed by atoms with Crippen molar-refractivity contribution in [3.63, 3.8) is 0 Å². The van der Waals surface area contributed by atoms with Crippen LogP contribution in [0.15, 0.2) is 36.4 Å². The molecule has 0 fully saturated rings. The standard InChI is InChI=1S/C8H10Cl2N2.C7H8Cl2N2O.C6H5Cl2NO.C6H15ClSi.C4H2Cl2N2.C4H10O2/c1-3-5(2)6-4-7(9)11-12-8(6)10;1-4(3-12)5-2-6(8)10-11-7(5)9;7-4-1-3(9)2-5(8)6(4)10;1-6(2,3)8(4,5)7;5-3-1-2-4(6)8-7-3;1-4(2-5)3-6/h4-5H,3H2,1-2H3;2,4,12H,3H2,1H3;1-2,10H,9H2;1-5H3;1-2H;4-6H,2-3H2,1H3. The molecule has 0 saturated heterocycles. The summed E-state index contributed by atoms with van der Waals surface area (Å²) in [5.74, 6) is 0.235. The quantitative estimate of drug-likeness (QED) is 0.0536. The van der Waals surface area contributed by atoms with Crippen molar-refractivity contribution >= 4 is 117 Å². The van der Waals surface area contributed by atoms with E-state index in [1.165, 1.54) is 12.1 Å². The van der Waals surface area contributed by atoms with E-state index in [4.69, 9.17) is 130 Å². The number of benzene rings is 1. The zero-order chi connectivity index (χ0) is 44.0. The molecule has 3 aromatic heterocycles. The fourth-order valence-corrected chi connectivity index (χ4v) is 4.26. The molecule has 1 aromatic carbocycles. The van der Waals surface area contributed by atoms with E-state index in [1.54, 1.807) is 31.2 Å². The molecule has 3 heterocycles. The number of nitrogens with zero attached hydrogens (tertiary/aromatic N) is 6. The lowest BCUT2D eigenvalue weighted by Crippen LogP contribution is -2.29. The van der Waals surface area contributed by atoms with Crippen LogP contribution < -0.4 is 5.73 Å². The third kappa shape index (κ3) is 24.6. The van der Waals surface area contributed by atoms with E-state index in [9.17, 15) is 0 Å². The number of aliphatic hydroxyl groups is 3. The van der Waals surface area contributed by atoms with Crippen LogP contribution in [0, 0.1) is 5.92 Å². The van der Waals surface area contributed by atoms with Crippen LogP contribution in [-0.2, 0) is 0 Å². The summed E-state index contributed by atoms with van der Waals surface area (Å²) >= 11 is 50.8. The average Bonchev–Trinajstić information content (AvgIpc) is 3.13. The van der Waals surface area contributed by atoms with Crippen LogP contribution >= 0.6 is 104 Å². The first-order valence-corrected chi connectivity index (χ1v) is 23.8. The number of phenolic OH excluding ortho intramolecular Hbond substituents is 1. The molecule has 0 aliphatic rings. The Morgan fingerprint density at radius 3 is 1.23 bits per heavy atom. The highest BCUT2D eigenvalue weighted by molar-refractivity contribution is 7.20. The Morgan fingerprint density at radius 2 is 0.964 bits per heavy atom. The van der Waals surface area contributed by atoms with Crippen molar-refractivity contribution in [2.75, 3.05) is 25.6 Å². The van der Waals surface area contributed by atoms with Gasteiger partial charge in [0.25, 0.3) is 0 Å². The van der Waals surface area contributed by atoms with Crippen LogP contribution in [0.3, 0.4) is 0 Å². The van der Waals surface area contributed by atoms with Crippen LogP contribution in [0.2, 0.25) is 59.1 Å². The summed E-state index contributed by atoms with van der Waals surface area (Å²) in [5, 5.41) is 58.5. The minimum Gasteiger partial charge on any atom is -0.505 e. The Balaban J connectivity index is 0. The predicted molar refractivity (Wildman–Crippen MR) is 239 cm³/mol. The van der Waals surface area contributed by atoms with Crippen LogP contribution in [0.4, 0.5) is 5.69 Å². The van der Waals surface area contributed by atoms with Crippen LogP contribution in [0.25, 0.3) is 0 Å². The summed E-state index contributed by atoms with van der Waals surface area (Å²) in [4.78, 5) is 0. The minimum atomic E-state index is -1.39. The van der Waals surface area contributed by atoms with Gasteiger partial charge < -0.3 is 26.2 Å². The van der Waals surface area contributed by atoms with Gasteiger partial charge >= 0.3 is 0 Å². The number of nitrogen functional groups attached to an aromatic ring is 1. The number of aromatic hydroxyl groups is 1. The molecule has 0 radical (unpaired) electrons. The second-order valence-corrected chi connectivity index (χ2v) is 23.8. The summed E-state index contributed by atoms with van der Waals surface area (Å²) in [6, 6.07) is 9.40. The number of anilines is 1. The van der Waals surface area contributed by atoms with Gasteiger partial charge in [-0.2, -0.15) is 11.1 Å². The number of aromatic nitrogens is 6. The molecule has 0 spiro atoms. The molecule has 56 heavy (non-hydrogen) atoms. The summed E-state index contributed by atoms with van der Waals surface area (Å²) in [6.45, 7) is 18.9. The summed E-state index contributed by atoms with van der Waals surface area (Å²) < 4.78 is 0. The maximum atomic E-state index is 9.01. The Hall–Kier alpha value is -1.23. The highest BCUT2D eigenvalue weighted by Crippen LogP contribution is 2.38. The topological polar surface area (TPSA) is 184 Å². The van der Waals surface area contributed by atoms with Gasteiger partial charge in [-0.15, -0.1) is 30.6 Å². The number of aliphatic hydroxyl groups excluding tert-OH is 3. The van der Waals surface area contributed by atoms with E-state index in [1.807, 2.05) is 6.92 Å². The first kappa shape index (κ1) is 56.9. The number of phenols is 1. The molecule has 0 aliphatic carbocycles. The number of halogens is 9. The Kier molecular flexibility index (Phi) is 29.5. The maximum Gasteiger partial charge on any atom is 0.155 e. The summed E-state index contributed by atoms with van der Waals surface area (Å²) in [7, 11) is -1.39. The van der Waals surface area contributed by atoms with E-state index in [2.05, 4.69) is 78.3 Å². The highest BCUT2D eigenvalue weighted by Gasteiger charge is 2.32. The normalized spacial score (nSPS) is 11.8.